The number of methoxy groups -OCH3 is 2. The molecule has 12 heteroatoms. The van der Waals surface area contributed by atoms with Crippen molar-refractivity contribution in [2.24, 2.45) is 0 Å². The highest BCUT2D eigenvalue weighted by molar-refractivity contribution is 7.92. The standard InChI is InChI=1S/C30H34FN5O5S/c1-4-35-26(13-16-34-35)24-7-5-6-8-27(24)41-23-11-12-29(25(31)17-23)42(37,38)36(30-14-15-32-20-33-30)19-21-9-10-22(39-2)18-28(21)40-3/h9-18,20,24,27H,4-8,19H2,1-3H3/t24-,27+/m1/s1. The Morgan fingerprint density at radius 2 is 1.81 bits per heavy atom. The van der Waals surface area contributed by atoms with Crippen LogP contribution in [0.15, 0.2) is 72.1 Å². The van der Waals surface area contributed by atoms with Gasteiger partial charge in [0.15, 0.2) is 0 Å². The molecule has 0 N–H and O–H groups in total. The van der Waals surface area contributed by atoms with Crippen molar-refractivity contribution in [1.82, 2.24) is 19.7 Å². The minimum Gasteiger partial charge on any atom is -0.497 e. The Balaban J connectivity index is 1.45. The van der Waals surface area contributed by atoms with Crippen molar-refractivity contribution in [1.29, 1.82) is 0 Å². The van der Waals surface area contributed by atoms with E-state index in [0.29, 0.717) is 17.1 Å². The van der Waals surface area contributed by atoms with Crippen LogP contribution in [0.25, 0.3) is 0 Å². The smallest absolute Gasteiger partial charge is 0.268 e. The van der Waals surface area contributed by atoms with Gasteiger partial charge in [0, 0.05) is 54.3 Å². The van der Waals surface area contributed by atoms with E-state index < -0.39 is 20.7 Å². The topological polar surface area (TPSA) is 109 Å². The number of ether oxygens (including phenoxy) is 3. The van der Waals surface area contributed by atoms with Gasteiger partial charge in [0.2, 0.25) is 0 Å². The first-order valence-electron chi connectivity index (χ1n) is 13.8. The van der Waals surface area contributed by atoms with Crippen molar-refractivity contribution >= 4 is 15.8 Å². The number of aromatic nitrogens is 4. The van der Waals surface area contributed by atoms with Crippen LogP contribution in [0.3, 0.4) is 0 Å². The van der Waals surface area contributed by atoms with Crippen molar-refractivity contribution in [2.75, 3.05) is 18.5 Å². The fourth-order valence-corrected chi connectivity index (χ4v) is 6.86. The second-order valence-electron chi connectivity index (χ2n) is 9.97. The Kier molecular flexibility index (Phi) is 8.91. The molecule has 42 heavy (non-hydrogen) atoms. The number of aryl methyl sites for hydroxylation is 1. The fourth-order valence-electron chi connectivity index (χ4n) is 5.41. The molecule has 2 aromatic heterocycles. The van der Waals surface area contributed by atoms with Crippen molar-refractivity contribution in [3.63, 3.8) is 0 Å². The number of benzene rings is 2. The maximum absolute atomic E-state index is 15.7. The summed E-state index contributed by atoms with van der Waals surface area (Å²) >= 11 is 0. The van der Waals surface area contributed by atoms with Crippen LogP contribution in [0.2, 0.25) is 0 Å². The largest absolute Gasteiger partial charge is 0.497 e. The number of anilines is 1. The van der Waals surface area contributed by atoms with Crippen LogP contribution in [0.1, 0.15) is 49.8 Å². The second-order valence-corrected chi connectivity index (χ2v) is 11.8. The zero-order valence-corrected chi connectivity index (χ0v) is 24.6. The molecule has 4 aromatic rings. The van der Waals surface area contributed by atoms with Crippen LogP contribution in [-0.2, 0) is 23.1 Å². The summed E-state index contributed by atoms with van der Waals surface area (Å²) in [5, 5.41) is 4.40. The molecule has 0 spiro atoms. The molecule has 0 aliphatic heterocycles. The number of hydrogen-bond donors (Lipinski definition) is 0. The summed E-state index contributed by atoms with van der Waals surface area (Å²) in [6.45, 7) is 2.62. The molecule has 2 heterocycles. The first kappa shape index (κ1) is 29.3. The molecule has 1 saturated carbocycles. The van der Waals surface area contributed by atoms with E-state index in [2.05, 4.69) is 15.1 Å². The van der Waals surface area contributed by atoms with Gasteiger partial charge >= 0.3 is 0 Å². The van der Waals surface area contributed by atoms with Crippen LogP contribution < -0.4 is 18.5 Å². The SMILES string of the molecule is CCn1nccc1[C@H]1CCCC[C@@H]1Oc1ccc(S(=O)(=O)N(Cc2ccc(OC)cc2OC)c2ccncn2)c(F)c1. The Morgan fingerprint density at radius 1 is 1.00 bits per heavy atom. The van der Waals surface area contributed by atoms with Gasteiger partial charge in [-0.15, -0.1) is 0 Å². The van der Waals surface area contributed by atoms with Crippen LogP contribution >= 0.6 is 0 Å². The molecule has 0 saturated heterocycles. The highest BCUT2D eigenvalue weighted by Gasteiger charge is 2.33. The molecule has 0 unspecified atom stereocenters. The van der Waals surface area contributed by atoms with E-state index >= 15 is 4.39 Å². The molecule has 0 amide bonds. The second kappa shape index (κ2) is 12.8. The molecule has 0 bridgehead atoms. The van der Waals surface area contributed by atoms with Gasteiger partial charge in [-0.25, -0.2) is 27.1 Å². The highest BCUT2D eigenvalue weighted by Crippen LogP contribution is 2.37. The predicted molar refractivity (Wildman–Crippen MR) is 155 cm³/mol. The monoisotopic (exact) mass is 595 g/mol. The van der Waals surface area contributed by atoms with E-state index in [4.69, 9.17) is 14.2 Å². The Labute approximate surface area is 245 Å². The molecular formula is C30H34FN5O5S. The summed E-state index contributed by atoms with van der Waals surface area (Å²) in [5.74, 6) is 0.517. The molecule has 5 rings (SSSR count). The predicted octanol–water partition coefficient (Wildman–Crippen LogP) is 5.35. The van der Waals surface area contributed by atoms with Gasteiger partial charge < -0.3 is 14.2 Å². The minimum absolute atomic E-state index is 0.0835. The lowest BCUT2D eigenvalue weighted by Crippen LogP contribution is -2.32. The van der Waals surface area contributed by atoms with Crippen LogP contribution in [-0.4, -0.2) is 48.5 Å². The Morgan fingerprint density at radius 3 is 2.52 bits per heavy atom. The maximum Gasteiger partial charge on any atom is 0.268 e. The third-order valence-electron chi connectivity index (χ3n) is 7.52. The fraction of sp³-hybridized carbons (Fsp3) is 0.367. The van der Waals surface area contributed by atoms with Crippen molar-refractivity contribution in [3.05, 3.63) is 84.3 Å². The third-order valence-corrected chi connectivity index (χ3v) is 9.30. The maximum atomic E-state index is 15.7. The van der Waals surface area contributed by atoms with E-state index in [0.717, 1.165) is 48.3 Å². The van der Waals surface area contributed by atoms with Crippen molar-refractivity contribution in [2.45, 2.75) is 62.6 Å². The molecule has 222 valence electrons. The van der Waals surface area contributed by atoms with Crippen LogP contribution in [0.4, 0.5) is 10.2 Å². The number of nitrogens with zero attached hydrogens (tertiary/aromatic N) is 5. The number of sulfonamides is 1. The molecule has 2 aromatic carbocycles. The summed E-state index contributed by atoms with van der Waals surface area (Å²) in [6, 6.07) is 12.4. The van der Waals surface area contributed by atoms with Gasteiger partial charge in [-0.1, -0.05) is 6.42 Å². The van der Waals surface area contributed by atoms with E-state index in [1.54, 1.807) is 24.4 Å². The van der Waals surface area contributed by atoms with E-state index in [1.165, 1.54) is 44.9 Å². The zero-order valence-electron chi connectivity index (χ0n) is 23.8. The third kappa shape index (κ3) is 6.03. The summed E-state index contributed by atoms with van der Waals surface area (Å²) in [4.78, 5) is 7.54. The first-order valence-corrected chi connectivity index (χ1v) is 15.3. The lowest BCUT2D eigenvalue weighted by atomic mass is 9.84. The number of rotatable bonds is 11. The quantitative estimate of drug-likeness (QED) is 0.228. The van der Waals surface area contributed by atoms with Gasteiger partial charge in [0.25, 0.3) is 10.0 Å². The minimum atomic E-state index is -4.41. The van der Waals surface area contributed by atoms with E-state index in [9.17, 15) is 8.42 Å². The zero-order chi connectivity index (χ0) is 29.7. The number of halogens is 1. The summed E-state index contributed by atoms with van der Waals surface area (Å²) < 4.78 is 63.6. The van der Waals surface area contributed by atoms with Gasteiger partial charge in [-0.05, 0) is 56.5 Å². The Hall–Kier alpha value is -4.19. The van der Waals surface area contributed by atoms with E-state index in [-0.39, 0.29) is 30.1 Å². The van der Waals surface area contributed by atoms with Gasteiger partial charge in [0.05, 0.1) is 20.8 Å². The molecule has 10 nitrogen and oxygen atoms in total. The summed E-state index contributed by atoms with van der Waals surface area (Å²) in [6.07, 6.45) is 8.09. The molecular weight excluding hydrogens is 561 g/mol. The van der Waals surface area contributed by atoms with Crippen molar-refractivity contribution < 1.29 is 27.0 Å². The average Bonchev–Trinajstić information content (AvgIpc) is 3.49. The molecule has 0 radical (unpaired) electrons. The van der Waals surface area contributed by atoms with Gasteiger partial charge in [-0.2, -0.15) is 5.10 Å². The summed E-state index contributed by atoms with van der Waals surface area (Å²) in [5.41, 5.74) is 1.63. The lowest BCUT2D eigenvalue weighted by molar-refractivity contribution is 0.125. The molecule has 1 aliphatic rings. The average molecular weight is 596 g/mol. The van der Waals surface area contributed by atoms with Crippen LogP contribution in [0.5, 0.6) is 17.2 Å². The van der Waals surface area contributed by atoms with E-state index in [1.807, 2.05) is 17.7 Å². The van der Waals surface area contributed by atoms with Crippen LogP contribution in [0, 0.1) is 5.82 Å². The summed E-state index contributed by atoms with van der Waals surface area (Å²) in [7, 11) is -1.41. The normalized spacial score (nSPS) is 17.0. The van der Waals surface area contributed by atoms with Gasteiger partial charge in [-0.3, -0.25) is 4.68 Å². The lowest BCUT2D eigenvalue weighted by Gasteiger charge is -2.32. The number of hydrogen-bond acceptors (Lipinski definition) is 8. The first-order chi connectivity index (χ1) is 20.3. The molecule has 1 aliphatic carbocycles. The van der Waals surface area contributed by atoms with Crippen molar-refractivity contribution in [3.8, 4) is 17.2 Å². The molecule has 1 fully saturated rings. The highest BCUT2D eigenvalue weighted by atomic mass is 32.2. The Bertz CT molecular complexity index is 1620. The van der Waals surface area contributed by atoms with Gasteiger partial charge in [0.1, 0.15) is 46.2 Å². The molecule has 2 atom stereocenters.